The maximum Gasteiger partial charge on any atom is 0.331 e. The van der Waals surface area contributed by atoms with Gasteiger partial charge in [0.25, 0.3) is 0 Å². The second-order valence-electron chi connectivity index (χ2n) is 16.3. The second-order valence-corrected chi connectivity index (χ2v) is 16.3. The quantitative estimate of drug-likeness (QED) is 0.163. The van der Waals surface area contributed by atoms with Crippen molar-refractivity contribution >= 4 is 12.0 Å². The number of esters is 1. The predicted molar refractivity (Wildman–Crippen MR) is 174 cm³/mol. The number of hydrogen-bond acceptors (Lipinski definition) is 4. The van der Waals surface area contributed by atoms with Gasteiger partial charge < -0.3 is 4.74 Å². The zero-order chi connectivity index (χ0) is 30.2. The van der Waals surface area contributed by atoms with Crippen LogP contribution in [0.5, 0.6) is 0 Å². The van der Waals surface area contributed by atoms with Gasteiger partial charge in [-0.05, 0) is 110 Å². The number of aromatic nitrogens is 3. The molecule has 0 amide bonds. The molecular formula is C38H59N3O2. The first-order valence-electron chi connectivity index (χ1n) is 18.2. The predicted octanol–water partition coefficient (Wildman–Crippen LogP) is 9.75. The van der Waals surface area contributed by atoms with Crippen molar-refractivity contribution in [1.82, 2.24) is 15.0 Å². The average Bonchev–Trinajstić information content (AvgIpc) is 3.61. The van der Waals surface area contributed by atoms with E-state index in [1.807, 2.05) is 10.9 Å². The minimum absolute atomic E-state index is 0.0117. The number of fused-ring (bicyclic) bond motifs is 5. The van der Waals surface area contributed by atoms with Crippen molar-refractivity contribution in [3.8, 4) is 0 Å². The largest absolute Gasteiger partial charge is 0.459 e. The molecule has 0 bridgehead atoms. The Bertz CT molecular complexity index is 1180. The van der Waals surface area contributed by atoms with Gasteiger partial charge in [-0.1, -0.05) is 90.0 Å². The average molecular weight is 590 g/mol. The molecule has 0 unspecified atom stereocenters. The lowest BCUT2D eigenvalue weighted by molar-refractivity contribution is -0.145. The number of carbonyl (C=O) groups is 1. The third-order valence-electron chi connectivity index (χ3n) is 13.4. The Balaban J connectivity index is 1.05. The monoisotopic (exact) mass is 589 g/mol. The number of ether oxygens (including phenoxy) is 1. The lowest BCUT2D eigenvalue weighted by atomic mass is 9.47. The van der Waals surface area contributed by atoms with Gasteiger partial charge in [0.05, 0.1) is 12.2 Å². The standard InChI is InChI=1S/C38H59N3O2/c1-26(2)10-9-11-27(3)33-17-18-34-32-16-14-28-24-31(20-22-37(28,4)35(32)21-23-38(33,34)5)43-36(42)19-15-29-25-41(40-39-29)30-12-7-6-8-13-30/h14-15,19,25-27,30-35H,6-13,16-18,20-24H2,1-5H3/b19-15+/t27-,31+,32+,33-,34+,35+,37+,38-/m1/s1. The first-order chi connectivity index (χ1) is 20.7. The first-order valence-corrected chi connectivity index (χ1v) is 18.2. The topological polar surface area (TPSA) is 57.0 Å². The van der Waals surface area contributed by atoms with Crippen molar-refractivity contribution < 1.29 is 9.53 Å². The molecule has 0 radical (unpaired) electrons. The lowest BCUT2D eigenvalue weighted by Crippen LogP contribution is -2.51. The van der Waals surface area contributed by atoms with Gasteiger partial charge in [-0.15, -0.1) is 5.10 Å². The highest BCUT2D eigenvalue weighted by Gasteiger charge is 2.59. The molecule has 5 heteroatoms. The molecule has 5 aliphatic rings. The molecule has 8 atom stereocenters. The number of rotatable bonds is 9. The summed E-state index contributed by atoms with van der Waals surface area (Å²) in [5.41, 5.74) is 3.13. The van der Waals surface area contributed by atoms with Crippen LogP contribution >= 0.6 is 0 Å². The number of hydrogen-bond donors (Lipinski definition) is 0. The van der Waals surface area contributed by atoms with E-state index < -0.39 is 0 Å². The van der Waals surface area contributed by atoms with Crippen molar-refractivity contribution in [2.45, 2.75) is 149 Å². The third kappa shape index (κ3) is 6.30. The maximum absolute atomic E-state index is 12.8. The van der Waals surface area contributed by atoms with E-state index in [0.717, 1.165) is 60.5 Å². The second kappa shape index (κ2) is 12.8. The summed E-state index contributed by atoms with van der Waals surface area (Å²) in [7, 11) is 0. The minimum Gasteiger partial charge on any atom is -0.459 e. The highest BCUT2D eigenvalue weighted by atomic mass is 16.5. The molecular weight excluding hydrogens is 530 g/mol. The lowest BCUT2D eigenvalue weighted by Gasteiger charge is -2.58. The summed E-state index contributed by atoms with van der Waals surface area (Å²) < 4.78 is 8.01. The van der Waals surface area contributed by atoms with Crippen LogP contribution in [-0.4, -0.2) is 27.1 Å². The van der Waals surface area contributed by atoms with Crippen molar-refractivity contribution in [1.29, 1.82) is 0 Å². The van der Waals surface area contributed by atoms with E-state index in [-0.39, 0.29) is 17.5 Å². The molecule has 4 fully saturated rings. The van der Waals surface area contributed by atoms with Crippen LogP contribution in [0.2, 0.25) is 0 Å². The van der Waals surface area contributed by atoms with Crippen LogP contribution in [0, 0.1) is 46.3 Å². The maximum atomic E-state index is 12.8. The number of carbonyl (C=O) groups excluding carboxylic acids is 1. The highest BCUT2D eigenvalue weighted by Crippen LogP contribution is 2.67. The van der Waals surface area contributed by atoms with E-state index in [0.29, 0.717) is 11.5 Å². The fourth-order valence-corrected chi connectivity index (χ4v) is 11.0. The van der Waals surface area contributed by atoms with E-state index in [2.05, 4.69) is 51.0 Å². The Hall–Kier alpha value is -1.91. The van der Waals surface area contributed by atoms with E-state index in [1.54, 1.807) is 17.7 Å². The summed E-state index contributed by atoms with van der Waals surface area (Å²) in [6.45, 7) is 12.6. The molecule has 1 heterocycles. The van der Waals surface area contributed by atoms with Crippen LogP contribution in [-0.2, 0) is 9.53 Å². The van der Waals surface area contributed by atoms with Crippen molar-refractivity contribution in [2.24, 2.45) is 46.3 Å². The molecule has 5 aliphatic carbocycles. The number of allylic oxidation sites excluding steroid dienone is 1. The van der Waals surface area contributed by atoms with Gasteiger partial charge in [-0.3, -0.25) is 0 Å². The Kier molecular flexibility index (Phi) is 9.28. The molecule has 4 saturated carbocycles. The summed E-state index contributed by atoms with van der Waals surface area (Å²) in [4.78, 5) is 12.8. The fourth-order valence-electron chi connectivity index (χ4n) is 11.0. The summed E-state index contributed by atoms with van der Waals surface area (Å²) in [6, 6.07) is 0.450. The molecule has 0 N–H and O–H groups in total. The molecule has 6 rings (SSSR count). The molecule has 0 spiro atoms. The summed E-state index contributed by atoms with van der Waals surface area (Å²) >= 11 is 0. The van der Waals surface area contributed by atoms with Crippen LogP contribution in [0.1, 0.15) is 149 Å². The molecule has 1 aromatic rings. The smallest absolute Gasteiger partial charge is 0.331 e. The molecule has 5 nitrogen and oxygen atoms in total. The van der Waals surface area contributed by atoms with E-state index in [4.69, 9.17) is 4.74 Å². The van der Waals surface area contributed by atoms with Crippen LogP contribution in [0.3, 0.4) is 0 Å². The first kappa shape index (κ1) is 31.1. The van der Waals surface area contributed by atoms with Gasteiger partial charge in [-0.2, -0.15) is 0 Å². The molecule has 238 valence electrons. The Labute approximate surface area is 261 Å². The van der Waals surface area contributed by atoms with Crippen molar-refractivity contribution in [2.75, 3.05) is 0 Å². The van der Waals surface area contributed by atoms with Gasteiger partial charge in [0.2, 0.25) is 0 Å². The zero-order valence-electron chi connectivity index (χ0n) is 27.9. The van der Waals surface area contributed by atoms with Gasteiger partial charge in [0.15, 0.2) is 0 Å². The van der Waals surface area contributed by atoms with E-state index in [1.165, 1.54) is 83.5 Å². The van der Waals surface area contributed by atoms with Gasteiger partial charge >= 0.3 is 5.97 Å². The molecule has 0 aliphatic heterocycles. The summed E-state index contributed by atoms with van der Waals surface area (Å²) in [5.74, 6) is 4.86. The third-order valence-corrected chi connectivity index (χ3v) is 13.4. The molecule has 1 aromatic heterocycles. The van der Waals surface area contributed by atoms with Crippen LogP contribution in [0.4, 0.5) is 0 Å². The Morgan fingerprint density at radius 1 is 1.02 bits per heavy atom. The fraction of sp³-hybridized carbons (Fsp3) is 0.816. The van der Waals surface area contributed by atoms with Gasteiger partial charge in [-0.25, -0.2) is 9.48 Å². The van der Waals surface area contributed by atoms with Crippen molar-refractivity contribution in [3.05, 3.63) is 29.6 Å². The normalized spacial score (nSPS) is 37.1. The van der Waals surface area contributed by atoms with Gasteiger partial charge in [0, 0.05) is 12.5 Å². The van der Waals surface area contributed by atoms with Crippen LogP contribution in [0.15, 0.2) is 23.9 Å². The number of nitrogens with zero attached hydrogens (tertiary/aromatic N) is 3. The highest BCUT2D eigenvalue weighted by molar-refractivity contribution is 5.86. The zero-order valence-corrected chi connectivity index (χ0v) is 27.9. The summed E-state index contributed by atoms with van der Waals surface area (Å²) in [5, 5.41) is 8.61. The van der Waals surface area contributed by atoms with Crippen LogP contribution in [0.25, 0.3) is 6.08 Å². The van der Waals surface area contributed by atoms with Gasteiger partial charge in [0.1, 0.15) is 11.8 Å². The van der Waals surface area contributed by atoms with Crippen LogP contribution < -0.4 is 0 Å². The molecule has 0 saturated heterocycles. The summed E-state index contributed by atoms with van der Waals surface area (Å²) in [6.07, 6.45) is 28.2. The SMILES string of the molecule is CC(C)CCC[C@@H](C)[C@H]1CC[C@H]2[C@@H]3CC=C4C[C@@H](OC(=O)/C=C/c5cn(C6CCCCC6)nn5)CC[C@]4(C)[C@H]3CC[C@]12C. The Morgan fingerprint density at radius 2 is 1.84 bits per heavy atom. The Morgan fingerprint density at radius 3 is 2.63 bits per heavy atom. The molecule has 0 aromatic carbocycles. The van der Waals surface area contributed by atoms with E-state index >= 15 is 0 Å². The van der Waals surface area contributed by atoms with E-state index in [9.17, 15) is 4.79 Å². The minimum atomic E-state index is -0.247. The van der Waals surface area contributed by atoms with Crippen molar-refractivity contribution in [3.63, 3.8) is 0 Å². The molecule has 43 heavy (non-hydrogen) atoms.